The maximum atomic E-state index is 13.5. The number of thioether (sulfide) groups is 1. The van der Waals surface area contributed by atoms with E-state index < -0.39 is 17.1 Å². The monoisotopic (exact) mass is 665 g/mol. The summed E-state index contributed by atoms with van der Waals surface area (Å²) in [4.78, 5) is 46.7. The normalized spacial score (nSPS) is 11.8. The molecule has 238 valence electrons. The molecule has 3 N–H and O–H groups in total. The van der Waals surface area contributed by atoms with E-state index in [2.05, 4.69) is 20.9 Å². The van der Waals surface area contributed by atoms with E-state index in [4.69, 9.17) is 0 Å². The van der Waals surface area contributed by atoms with Crippen LogP contribution < -0.4 is 20.9 Å². The number of amides is 3. The van der Waals surface area contributed by atoms with Crippen LogP contribution in [0.2, 0.25) is 0 Å². The number of anilines is 3. The van der Waals surface area contributed by atoms with E-state index in [1.165, 1.54) is 35.2 Å². The zero-order chi connectivity index (χ0) is 33.3. The van der Waals surface area contributed by atoms with Crippen molar-refractivity contribution >= 4 is 63.4 Å². The molecule has 1 aromatic heterocycles. The van der Waals surface area contributed by atoms with Crippen molar-refractivity contribution in [2.24, 2.45) is 0 Å². The van der Waals surface area contributed by atoms with E-state index in [0.29, 0.717) is 22.1 Å². The van der Waals surface area contributed by atoms with Crippen LogP contribution >= 0.6 is 23.1 Å². The number of nitrogens with one attached hydrogen (secondary N) is 3. The van der Waals surface area contributed by atoms with E-state index in [9.17, 15) is 18.8 Å². The van der Waals surface area contributed by atoms with Crippen LogP contribution in [-0.2, 0) is 9.59 Å². The first kappa shape index (κ1) is 33.1. The molecule has 5 rings (SSSR count). The first-order valence-corrected chi connectivity index (χ1v) is 16.4. The number of rotatable bonds is 11. The number of thiazole rings is 1. The first-order chi connectivity index (χ1) is 22.6. The van der Waals surface area contributed by atoms with Crippen molar-refractivity contribution in [1.29, 1.82) is 0 Å². The number of halogens is 1. The summed E-state index contributed by atoms with van der Waals surface area (Å²) in [5, 5.41) is 10.2. The Morgan fingerprint density at radius 1 is 0.894 bits per heavy atom. The quantitative estimate of drug-likeness (QED) is 0.0995. The van der Waals surface area contributed by atoms with Crippen LogP contribution in [-0.4, -0.2) is 42.1 Å². The predicted octanol–water partition coefficient (Wildman–Crippen LogP) is 7.54. The summed E-state index contributed by atoms with van der Waals surface area (Å²) in [5.74, 6) is -1.48. The zero-order valence-corrected chi connectivity index (χ0v) is 27.5. The molecule has 1 unspecified atom stereocenters. The highest BCUT2D eigenvalue weighted by atomic mass is 32.2. The Hall–Kier alpha value is -5.26. The van der Waals surface area contributed by atoms with Crippen molar-refractivity contribution in [3.63, 3.8) is 0 Å². The number of carbonyl (C=O) groups excluding carboxylic acids is 3. The molecule has 5 aromatic rings. The second-order valence-electron chi connectivity index (χ2n) is 10.6. The molecule has 0 saturated heterocycles. The summed E-state index contributed by atoms with van der Waals surface area (Å²) in [6.07, 6.45) is 1.63. The second kappa shape index (κ2) is 15.4. The van der Waals surface area contributed by atoms with Crippen LogP contribution in [0.25, 0.3) is 17.3 Å². The van der Waals surface area contributed by atoms with Gasteiger partial charge in [-0.2, -0.15) is 0 Å². The van der Waals surface area contributed by atoms with Crippen LogP contribution in [0.3, 0.4) is 0 Å². The molecule has 0 aliphatic rings. The summed E-state index contributed by atoms with van der Waals surface area (Å²) < 4.78 is 13.3. The zero-order valence-electron chi connectivity index (χ0n) is 25.9. The smallest absolute Gasteiger partial charge is 0.272 e. The predicted molar refractivity (Wildman–Crippen MR) is 189 cm³/mol. The lowest BCUT2D eigenvalue weighted by Gasteiger charge is -2.14. The van der Waals surface area contributed by atoms with Gasteiger partial charge in [0, 0.05) is 46.9 Å². The van der Waals surface area contributed by atoms with E-state index in [-0.39, 0.29) is 17.4 Å². The van der Waals surface area contributed by atoms with Crippen LogP contribution in [0.15, 0.2) is 119 Å². The molecular formula is C36H32FN5O3S2. The fraction of sp³-hybridized carbons (Fsp3) is 0.111. The molecule has 0 saturated carbocycles. The molecule has 0 aliphatic carbocycles. The van der Waals surface area contributed by atoms with E-state index >= 15 is 0 Å². The van der Waals surface area contributed by atoms with E-state index in [0.717, 1.165) is 21.7 Å². The van der Waals surface area contributed by atoms with Gasteiger partial charge in [0.05, 0.1) is 10.9 Å². The average Bonchev–Trinajstić information content (AvgIpc) is 3.53. The molecule has 8 nitrogen and oxygen atoms in total. The topological polar surface area (TPSA) is 103 Å². The second-order valence-corrected chi connectivity index (χ2v) is 12.9. The Morgan fingerprint density at radius 2 is 1.62 bits per heavy atom. The van der Waals surface area contributed by atoms with Crippen LogP contribution in [0, 0.1) is 5.82 Å². The van der Waals surface area contributed by atoms with E-state index in [1.807, 2.05) is 55.4 Å². The Bertz CT molecular complexity index is 1890. The highest BCUT2D eigenvalue weighted by molar-refractivity contribution is 8.00. The van der Waals surface area contributed by atoms with Gasteiger partial charge in [0.1, 0.15) is 11.5 Å². The van der Waals surface area contributed by atoms with Gasteiger partial charge in [0.15, 0.2) is 5.13 Å². The Morgan fingerprint density at radius 3 is 2.32 bits per heavy atom. The number of hydrogen-bond donors (Lipinski definition) is 3. The van der Waals surface area contributed by atoms with Gasteiger partial charge in [-0.1, -0.05) is 36.4 Å². The standard InChI is InChI=1S/C36H32FN5O3S2/c1-23(33(43)41-36-40-32(22-46-36)25-14-16-27(37)17-15-25)47-30-11-7-10-28(21-30)38-35(45)31(39-34(44)26-8-5-4-6-9-26)20-24-12-18-29(19-13-24)42(2)3/h4-23H,1-3H3,(H,38,45)(H,39,44)(H,40,41,43)/b31-20+. The minimum Gasteiger partial charge on any atom is -0.378 e. The molecule has 0 aliphatic heterocycles. The lowest BCUT2D eigenvalue weighted by Crippen LogP contribution is -2.30. The SMILES string of the molecule is CC(Sc1cccc(NC(=O)/C(=C\c2ccc(N(C)C)cc2)NC(=O)c2ccccc2)c1)C(=O)Nc1nc(-c2ccc(F)cc2)cs1. The Kier molecular flexibility index (Phi) is 10.8. The van der Waals surface area contributed by atoms with Gasteiger partial charge >= 0.3 is 0 Å². The lowest BCUT2D eigenvalue weighted by molar-refractivity contribution is -0.115. The fourth-order valence-electron chi connectivity index (χ4n) is 4.37. The van der Waals surface area contributed by atoms with Gasteiger partial charge in [-0.05, 0) is 85.3 Å². The van der Waals surface area contributed by atoms with Crippen molar-refractivity contribution in [2.75, 3.05) is 29.6 Å². The molecule has 0 spiro atoms. The van der Waals surface area contributed by atoms with Gasteiger partial charge in [-0.15, -0.1) is 23.1 Å². The van der Waals surface area contributed by atoms with Crippen molar-refractivity contribution in [2.45, 2.75) is 17.1 Å². The maximum absolute atomic E-state index is 13.5. The number of hydrogen-bond acceptors (Lipinski definition) is 7. The average molecular weight is 666 g/mol. The molecule has 0 radical (unpaired) electrons. The molecule has 0 bridgehead atoms. The Balaban J connectivity index is 1.26. The third-order valence-corrected chi connectivity index (χ3v) is 8.75. The third kappa shape index (κ3) is 9.15. The summed E-state index contributed by atoms with van der Waals surface area (Å²) in [5.41, 5.74) is 4.13. The maximum Gasteiger partial charge on any atom is 0.272 e. The highest BCUT2D eigenvalue weighted by Crippen LogP contribution is 2.29. The van der Waals surface area contributed by atoms with Crippen molar-refractivity contribution < 1.29 is 18.8 Å². The number of aromatic nitrogens is 1. The Labute approximate surface area is 280 Å². The van der Waals surface area contributed by atoms with Gasteiger partial charge in [0.25, 0.3) is 11.8 Å². The van der Waals surface area contributed by atoms with Crippen molar-refractivity contribution in [1.82, 2.24) is 10.3 Å². The molecule has 11 heteroatoms. The third-order valence-electron chi connectivity index (χ3n) is 6.90. The van der Waals surface area contributed by atoms with E-state index in [1.54, 1.807) is 73.0 Å². The minimum absolute atomic E-state index is 0.0747. The molecule has 1 atom stereocenters. The van der Waals surface area contributed by atoms with Crippen LogP contribution in [0.5, 0.6) is 0 Å². The number of nitrogens with zero attached hydrogens (tertiary/aromatic N) is 2. The highest BCUT2D eigenvalue weighted by Gasteiger charge is 2.18. The van der Waals surface area contributed by atoms with Crippen LogP contribution in [0.1, 0.15) is 22.8 Å². The molecule has 0 fully saturated rings. The van der Waals surface area contributed by atoms with Crippen LogP contribution in [0.4, 0.5) is 20.9 Å². The molecule has 4 aromatic carbocycles. The molecule has 3 amide bonds. The molecular weight excluding hydrogens is 634 g/mol. The lowest BCUT2D eigenvalue weighted by atomic mass is 10.1. The van der Waals surface area contributed by atoms with Gasteiger partial charge < -0.3 is 20.9 Å². The summed E-state index contributed by atoms with van der Waals surface area (Å²) in [7, 11) is 3.88. The van der Waals surface area contributed by atoms with Gasteiger partial charge in [-0.3, -0.25) is 14.4 Å². The van der Waals surface area contributed by atoms with Crippen molar-refractivity contribution in [3.05, 3.63) is 131 Å². The number of benzene rings is 4. The minimum atomic E-state index is -0.500. The van der Waals surface area contributed by atoms with Gasteiger partial charge in [0.2, 0.25) is 5.91 Å². The summed E-state index contributed by atoms with van der Waals surface area (Å²) in [6, 6.07) is 29.4. The summed E-state index contributed by atoms with van der Waals surface area (Å²) >= 11 is 2.61. The van der Waals surface area contributed by atoms with Gasteiger partial charge in [-0.25, -0.2) is 9.37 Å². The molecule has 1 heterocycles. The first-order valence-electron chi connectivity index (χ1n) is 14.6. The molecule has 47 heavy (non-hydrogen) atoms. The summed E-state index contributed by atoms with van der Waals surface area (Å²) in [6.45, 7) is 1.78. The van der Waals surface area contributed by atoms with Crippen molar-refractivity contribution in [3.8, 4) is 11.3 Å². The number of carbonyl (C=O) groups is 3. The fourth-order valence-corrected chi connectivity index (χ4v) is 6.02. The largest absolute Gasteiger partial charge is 0.378 e.